The van der Waals surface area contributed by atoms with E-state index >= 15 is 0 Å². The fraction of sp³-hybridized carbons (Fsp3) is 0.594. The number of alkyl halides is 1. The van der Waals surface area contributed by atoms with Gasteiger partial charge in [-0.15, -0.1) is 0 Å². The molecule has 2 aliphatic heterocycles. The van der Waals surface area contributed by atoms with Crippen LogP contribution >= 0.6 is 0 Å². The van der Waals surface area contributed by atoms with Gasteiger partial charge in [-0.05, 0) is 88.4 Å². The molecular weight excluding hydrogens is 507 g/mol. The molecular formula is C32H47FN4O3. The molecule has 8 heteroatoms. The summed E-state index contributed by atoms with van der Waals surface area (Å²) in [5, 5.41) is 8.80. The molecule has 220 valence electrons. The summed E-state index contributed by atoms with van der Waals surface area (Å²) in [6.45, 7) is 15.5. The van der Waals surface area contributed by atoms with E-state index in [1.54, 1.807) is 31.5 Å². The normalized spacial score (nSPS) is 21.9. The highest BCUT2D eigenvalue weighted by Crippen LogP contribution is 2.23. The molecule has 40 heavy (non-hydrogen) atoms. The van der Waals surface area contributed by atoms with Crippen molar-refractivity contribution in [2.75, 3.05) is 39.3 Å². The second-order valence-electron chi connectivity index (χ2n) is 12.5. The van der Waals surface area contributed by atoms with E-state index in [-0.39, 0.29) is 0 Å². The zero-order valence-electron chi connectivity index (χ0n) is 24.6. The lowest BCUT2D eigenvalue weighted by Gasteiger charge is -2.44. The van der Waals surface area contributed by atoms with Gasteiger partial charge in [0.25, 0.3) is 5.91 Å². The molecule has 2 aliphatic rings. The van der Waals surface area contributed by atoms with E-state index in [0.717, 1.165) is 64.3 Å². The molecule has 2 saturated heterocycles. The van der Waals surface area contributed by atoms with E-state index in [1.807, 2.05) is 12.1 Å². The van der Waals surface area contributed by atoms with Crippen molar-refractivity contribution in [1.29, 1.82) is 0 Å². The summed E-state index contributed by atoms with van der Waals surface area (Å²) in [7, 11) is 0. The Morgan fingerprint density at radius 3 is 2.05 bits per heavy atom. The van der Waals surface area contributed by atoms with Gasteiger partial charge in [0.15, 0.2) is 0 Å². The van der Waals surface area contributed by atoms with Crippen LogP contribution in [0, 0.1) is 5.92 Å². The Labute approximate surface area is 239 Å². The third-order valence-electron chi connectivity index (χ3n) is 8.22. The first-order valence-electron chi connectivity index (χ1n) is 14.7. The number of rotatable bonds is 11. The van der Waals surface area contributed by atoms with Crippen molar-refractivity contribution in [1.82, 2.24) is 20.2 Å². The standard InChI is InChI=1S/C32H47FN4O3/c1-24-17-36(19-26-9-11-30(12-10-26)31(38)34-39)18-25(2)37(24)20-27-5-7-28(8-6-27)21-40-22-29-13-15-35(16-14-29)23-32(3,4)33/h5-12,24-25,29,39H,13-23H2,1-4H3,(H,34,38)/t24-,25+. The zero-order valence-corrected chi connectivity index (χ0v) is 24.6. The molecule has 2 fully saturated rings. The fourth-order valence-electron chi connectivity index (χ4n) is 6.13. The van der Waals surface area contributed by atoms with Gasteiger partial charge < -0.3 is 9.64 Å². The average Bonchev–Trinajstić information content (AvgIpc) is 2.92. The molecule has 2 N–H and O–H groups in total. The van der Waals surface area contributed by atoms with Crippen LogP contribution in [0.2, 0.25) is 0 Å². The van der Waals surface area contributed by atoms with Crippen LogP contribution in [0.4, 0.5) is 4.39 Å². The van der Waals surface area contributed by atoms with Gasteiger partial charge in [0.2, 0.25) is 0 Å². The lowest BCUT2D eigenvalue weighted by Crippen LogP contribution is -2.55. The van der Waals surface area contributed by atoms with Crippen molar-refractivity contribution >= 4 is 5.91 Å². The van der Waals surface area contributed by atoms with Crippen LogP contribution in [0.1, 0.15) is 67.6 Å². The summed E-state index contributed by atoms with van der Waals surface area (Å²) in [4.78, 5) is 18.8. The smallest absolute Gasteiger partial charge is 0.274 e. The zero-order chi connectivity index (χ0) is 28.7. The van der Waals surface area contributed by atoms with Gasteiger partial charge in [0.05, 0.1) is 6.61 Å². The second kappa shape index (κ2) is 14.0. The maximum Gasteiger partial charge on any atom is 0.274 e. The number of nitrogens with zero attached hydrogens (tertiary/aromatic N) is 3. The van der Waals surface area contributed by atoms with E-state index in [0.29, 0.717) is 36.7 Å². The van der Waals surface area contributed by atoms with E-state index in [4.69, 9.17) is 9.94 Å². The van der Waals surface area contributed by atoms with Crippen molar-refractivity contribution in [2.24, 2.45) is 5.92 Å². The minimum absolute atomic E-state index is 0.425. The van der Waals surface area contributed by atoms with Crippen LogP contribution in [-0.4, -0.2) is 82.9 Å². The number of amides is 1. The second-order valence-corrected chi connectivity index (χ2v) is 12.5. The van der Waals surface area contributed by atoms with Gasteiger partial charge in [-0.2, -0.15) is 0 Å². The molecule has 1 amide bonds. The molecule has 2 heterocycles. The number of carbonyl (C=O) groups excluding carboxylic acids is 1. The molecule has 7 nitrogen and oxygen atoms in total. The Hall–Kier alpha value is -2.36. The highest BCUT2D eigenvalue weighted by Gasteiger charge is 2.29. The lowest BCUT2D eigenvalue weighted by molar-refractivity contribution is 0.0290. The third-order valence-corrected chi connectivity index (χ3v) is 8.22. The van der Waals surface area contributed by atoms with E-state index < -0.39 is 11.6 Å². The number of halogens is 1. The first kappa shape index (κ1) is 30.6. The molecule has 0 aromatic heterocycles. The average molecular weight is 555 g/mol. The van der Waals surface area contributed by atoms with Gasteiger partial charge in [0.1, 0.15) is 5.67 Å². The summed E-state index contributed by atoms with van der Waals surface area (Å²) >= 11 is 0. The number of likely N-dealkylation sites (tertiary alicyclic amines) is 1. The number of piperazine rings is 1. The highest BCUT2D eigenvalue weighted by molar-refractivity contribution is 5.93. The number of piperidine rings is 1. The Bertz CT molecular complexity index is 1050. The monoisotopic (exact) mass is 554 g/mol. The minimum Gasteiger partial charge on any atom is -0.376 e. The third kappa shape index (κ3) is 9.08. The highest BCUT2D eigenvalue weighted by atomic mass is 19.1. The summed E-state index contributed by atoms with van der Waals surface area (Å²) < 4.78 is 20.0. The van der Waals surface area contributed by atoms with Crippen LogP contribution in [0.3, 0.4) is 0 Å². The van der Waals surface area contributed by atoms with Crippen LogP contribution < -0.4 is 5.48 Å². The summed E-state index contributed by atoms with van der Waals surface area (Å²) in [5.74, 6) is 0.0716. The van der Waals surface area contributed by atoms with Crippen molar-refractivity contribution in [2.45, 2.75) is 78.0 Å². The van der Waals surface area contributed by atoms with Gasteiger partial charge in [-0.25, -0.2) is 9.87 Å². The fourth-order valence-corrected chi connectivity index (χ4v) is 6.13. The first-order chi connectivity index (χ1) is 19.1. The molecule has 2 aromatic carbocycles. The van der Waals surface area contributed by atoms with Gasteiger partial charge >= 0.3 is 0 Å². The topological polar surface area (TPSA) is 68.3 Å². The SMILES string of the molecule is C[C@@H]1CN(Cc2ccc(C(=O)NO)cc2)C[C@H](C)N1Cc1ccc(COCC2CCN(CC(C)(C)F)CC2)cc1. The molecule has 0 spiro atoms. The Balaban J connectivity index is 1.18. The minimum atomic E-state index is -1.13. The van der Waals surface area contributed by atoms with E-state index in [1.165, 1.54) is 11.1 Å². The number of benzene rings is 2. The van der Waals surface area contributed by atoms with E-state index in [9.17, 15) is 9.18 Å². The summed E-state index contributed by atoms with van der Waals surface area (Å²) in [6.07, 6.45) is 2.16. The molecule has 2 atom stereocenters. The summed E-state index contributed by atoms with van der Waals surface area (Å²) in [6, 6.07) is 17.1. The molecule has 0 unspecified atom stereocenters. The molecule has 0 bridgehead atoms. The van der Waals surface area contributed by atoms with Gasteiger partial charge in [-0.1, -0.05) is 36.4 Å². The van der Waals surface area contributed by atoms with Crippen molar-refractivity contribution < 1.29 is 19.1 Å². The van der Waals surface area contributed by atoms with Crippen LogP contribution in [0.15, 0.2) is 48.5 Å². The Morgan fingerprint density at radius 1 is 0.925 bits per heavy atom. The molecule has 0 saturated carbocycles. The number of carbonyl (C=O) groups is 1. The van der Waals surface area contributed by atoms with Crippen LogP contribution in [0.5, 0.6) is 0 Å². The van der Waals surface area contributed by atoms with Gasteiger partial charge in [0, 0.05) is 57.0 Å². The maximum atomic E-state index is 13.9. The first-order valence-corrected chi connectivity index (χ1v) is 14.7. The number of hydroxylamine groups is 1. The van der Waals surface area contributed by atoms with Crippen LogP contribution in [-0.2, 0) is 24.4 Å². The largest absolute Gasteiger partial charge is 0.376 e. The van der Waals surface area contributed by atoms with Crippen LogP contribution in [0.25, 0.3) is 0 Å². The van der Waals surface area contributed by atoms with Crippen molar-refractivity contribution in [3.63, 3.8) is 0 Å². The van der Waals surface area contributed by atoms with Crippen molar-refractivity contribution in [3.05, 3.63) is 70.8 Å². The number of hydrogen-bond donors (Lipinski definition) is 2. The van der Waals surface area contributed by atoms with Crippen molar-refractivity contribution in [3.8, 4) is 0 Å². The summed E-state index contributed by atoms with van der Waals surface area (Å²) in [5.41, 5.74) is 4.68. The van der Waals surface area contributed by atoms with E-state index in [2.05, 4.69) is 52.8 Å². The molecule has 0 radical (unpaired) electrons. The number of nitrogens with one attached hydrogen (secondary N) is 1. The molecule has 0 aliphatic carbocycles. The predicted molar refractivity (Wildman–Crippen MR) is 156 cm³/mol. The maximum absolute atomic E-state index is 13.9. The molecule has 2 aromatic rings. The number of hydrogen-bond acceptors (Lipinski definition) is 6. The lowest BCUT2D eigenvalue weighted by atomic mass is 9.97. The quantitative estimate of drug-likeness (QED) is 0.305. The number of ether oxygens (including phenoxy) is 1. The predicted octanol–water partition coefficient (Wildman–Crippen LogP) is 4.88. The Kier molecular flexibility index (Phi) is 10.7. The molecule has 4 rings (SSSR count). The Morgan fingerprint density at radius 2 is 1.48 bits per heavy atom. The van der Waals surface area contributed by atoms with Gasteiger partial charge in [-0.3, -0.25) is 19.8 Å².